The van der Waals surface area contributed by atoms with Gasteiger partial charge in [0.1, 0.15) is 12.2 Å². The van der Waals surface area contributed by atoms with Crippen molar-refractivity contribution in [3.8, 4) is 0 Å². The molecule has 0 radical (unpaired) electrons. The van der Waals surface area contributed by atoms with E-state index in [0.29, 0.717) is 6.42 Å². The van der Waals surface area contributed by atoms with Gasteiger partial charge in [0, 0.05) is 13.3 Å². The van der Waals surface area contributed by atoms with Crippen LogP contribution in [-0.4, -0.2) is 61.2 Å². The van der Waals surface area contributed by atoms with Crippen LogP contribution < -0.4 is 5.32 Å². The Balaban J connectivity index is 2.24. The standard InChI is InChI=1S/C11H19NO4S2/c1-6(13)12-10-9(16)8(15)7(14)5-11(10)17-3-2-4-18-11/h7-10,14-16H,2-5H2,1H3,(H,12,13)/t7-,8-,9+,10-/m1/s1. The number of aliphatic hydroxyl groups is 3. The molecule has 1 saturated carbocycles. The highest BCUT2D eigenvalue weighted by molar-refractivity contribution is 8.18. The maximum absolute atomic E-state index is 11.3. The van der Waals surface area contributed by atoms with Gasteiger partial charge in [0.05, 0.1) is 16.2 Å². The lowest BCUT2D eigenvalue weighted by molar-refractivity contribution is -0.127. The summed E-state index contributed by atoms with van der Waals surface area (Å²) >= 11 is 3.33. The SMILES string of the molecule is CC(=O)N[C@@H]1[C@@H](O)[C@H](O)[C@H](O)CC12SCCCS2. The number of hydrogen-bond donors (Lipinski definition) is 4. The van der Waals surface area contributed by atoms with Crippen molar-refractivity contribution in [3.63, 3.8) is 0 Å². The van der Waals surface area contributed by atoms with Crippen molar-refractivity contribution in [2.75, 3.05) is 11.5 Å². The first-order valence-electron chi connectivity index (χ1n) is 6.05. The van der Waals surface area contributed by atoms with Crippen molar-refractivity contribution in [1.29, 1.82) is 0 Å². The molecule has 1 saturated heterocycles. The average Bonchev–Trinajstić information content (AvgIpc) is 2.33. The third kappa shape index (κ3) is 2.65. The second-order valence-corrected chi connectivity index (χ2v) is 7.90. The fourth-order valence-electron chi connectivity index (χ4n) is 2.53. The van der Waals surface area contributed by atoms with Gasteiger partial charge in [0.25, 0.3) is 0 Å². The molecule has 5 nitrogen and oxygen atoms in total. The molecule has 1 aliphatic carbocycles. The van der Waals surface area contributed by atoms with Crippen molar-refractivity contribution in [2.24, 2.45) is 0 Å². The summed E-state index contributed by atoms with van der Waals surface area (Å²) in [6.45, 7) is 1.40. The molecular formula is C11H19NO4S2. The van der Waals surface area contributed by atoms with E-state index in [-0.39, 0.29) is 5.91 Å². The number of thioether (sulfide) groups is 2. The topological polar surface area (TPSA) is 89.8 Å². The minimum absolute atomic E-state index is 0.228. The molecular weight excluding hydrogens is 274 g/mol. The van der Waals surface area contributed by atoms with E-state index in [1.54, 1.807) is 23.5 Å². The molecule has 0 aromatic rings. The van der Waals surface area contributed by atoms with E-state index >= 15 is 0 Å². The van der Waals surface area contributed by atoms with Crippen molar-refractivity contribution >= 4 is 29.4 Å². The van der Waals surface area contributed by atoms with Gasteiger partial charge in [-0.15, -0.1) is 23.5 Å². The van der Waals surface area contributed by atoms with Crippen LogP contribution in [0.25, 0.3) is 0 Å². The number of carbonyl (C=O) groups excluding carboxylic acids is 1. The summed E-state index contributed by atoms with van der Waals surface area (Å²) < 4.78 is -0.429. The Morgan fingerprint density at radius 3 is 2.39 bits per heavy atom. The zero-order valence-electron chi connectivity index (χ0n) is 10.2. The lowest BCUT2D eigenvalue weighted by atomic mass is 9.86. The van der Waals surface area contributed by atoms with E-state index in [0.717, 1.165) is 17.9 Å². The van der Waals surface area contributed by atoms with Gasteiger partial charge in [-0.05, 0) is 17.9 Å². The number of aliphatic hydroxyl groups excluding tert-OH is 3. The Morgan fingerprint density at radius 1 is 1.22 bits per heavy atom. The van der Waals surface area contributed by atoms with Crippen LogP contribution in [-0.2, 0) is 4.79 Å². The molecule has 0 bridgehead atoms. The molecule has 4 atom stereocenters. The van der Waals surface area contributed by atoms with Gasteiger partial charge in [-0.3, -0.25) is 4.79 Å². The number of nitrogens with one attached hydrogen (secondary N) is 1. The van der Waals surface area contributed by atoms with Gasteiger partial charge in [-0.25, -0.2) is 0 Å². The van der Waals surface area contributed by atoms with E-state index in [1.807, 2.05) is 0 Å². The highest BCUT2D eigenvalue weighted by Crippen LogP contribution is 2.51. The molecule has 1 aliphatic heterocycles. The summed E-state index contributed by atoms with van der Waals surface area (Å²) in [4.78, 5) is 11.3. The Bertz CT molecular complexity index is 322. The Morgan fingerprint density at radius 2 is 1.83 bits per heavy atom. The van der Waals surface area contributed by atoms with Gasteiger partial charge in [0.2, 0.25) is 5.91 Å². The Hall–Kier alpha value is 0.0500. The molecule has 0 unspecified atom stereocenters. The van der Waals surface area contributed by atoms with Crippen molar-refractivity contribution in [2.45, 2.75) is 48.2 Å². The number of hydrogen-bond acceptors (Lipinski definition) is 6. The van der Waals surface area contributed by atoms with Crippen LogP contribution in [0.1, 0.15) is 19.8 Å². The quantitative estimate of drug-likeness (QED) is 0.523. The average molecular weight is 293 g/mol. The summed E-state index contributed by atoms with van der Waals surface area (Å²) in [5.41, 5.74) is 0. The molecule has 2 rings (SSSR count). The molecule has 2 fully saturated rings. The predicted molar refractivity (Wildman–Crippen MR) is 72.5 cm³/mol. The van der Waals surface area contributed by atoms with Crippen molar-refractivity contribution in [3.05, 3.63) is 0 Å². The van der Waals surface area contributed by atoms with Gasteiger partial charge in [0.15, 0.2) is 0 Å². The van der Waals surface area contributed by atoms with E-state index in [2.05, 4.69) is 5.32 Å². The molecule has 0 aromatic carbocycles. The molecule has 1 amide bonds. The largest absolute Gasteiger partial charge is 0.390 e. The maximum atomic E-state index is 11.3. The highest BCUT2D eigenvalue weighted by Gasteiger charge is 2.54. The van der Waals surface area contributed by atoms with Crippen LogP contribution in [0.2, 0.25) is 0 Å². The van der Waals surface area contributed by atoms with Crippen LogP contribution in [0.5, 0.6) is 0 Å². The molecule has 104 valence electrons. The summed E-state index contributed by atoms with van der Waals surface area (Å²) in [5.74, 6) is 1.66. The van der Waals surface area contributed by atoms with Crippen LogP contribution >= 0.6 is 23.5 Å². The Labute approximate surface area is 115 Å². The number of amides is 1. The van der Waals surface area contributed by atoms with E-state index in [4.69, 9.17) is 0 Å². The highest BCUT2D eigenvalue weighted by atomic mass is 32.2. The molecule has 4 N–H and O–H groups in total. The lowest BCUT2D eigenvalue weighted by Crippen LogP contribution is -2.66. The number of rotatable bonds is 1. The summed E-state index contributed by atoms with van der Waals surface area (Å²) in [5, 5.41) is 32.5. The smallest absolute Gasteiger partial charge is 0.217 e. The van der Waals surface area contributed by atoms with Crippen molar-refractivity contribution < 1.29 is 20.1 Å². The summed E-state index contributed by atoms with van der Waals surface area (Å²) in [7, 11) is 0. The maximum Gasteiger partial charge on any atom is 0.217 e. The summed E-state index contributed by atoms with van der Waals surface area (Å²) in [6, 6.07) is -0.524. The number of carbonyl (C=O) groups is 1. The van der Waals surface area contributed by atoms with Crippen LogP contribution in [0.3, 0.4) is 0 Å². The second-order valence-electron chi connectivity index (χ2n) is 4.79. The zero-order chi connectivity index (χ0) is 13.3. The fraction of sp³-hybridized carbons (Fsp3) is 0.909. The van der Waals surface area contributed by atoms with Crippen LogP contribution in [0.4, 0.5) is 0 Å². The molecule has 0 aromatic heterocycles. The molecule has 18 heavy (non-hydrogen) atoms. The first-order chi connectivity index (χ1) is 8.46. The Kier molecular flexibility index (Phi) is 4.48. The van der Waals surface area contributed by atoms with Gasteiger partial charge < -0.3 is 20.6 Å². The molecule has 2 aliphatic rings. The first-order valence-corrected chi connectivity index (χ1v) is 8.02. The van der Waals surface area contributed by atoms with Gasteiger partial charge in [-0.2, -0.15) is 0 Å². The van der Waals surface area contributed by atoms with Gasteiger partial charge >= 0.3 is 0 Å². The van der Waals surface area contributed by atoms with E-state index in [1.165, 1.54) is 6.92 Å². The third-order valence-corrected chi connectivity index (χ3v) is 6.90. The summed E-state index contributed by atoms with van der Waals surface area (Å²) in [6.07, 6.45) is -1.81. The minimum Gasteiger partial charge on any atom is -0.390 e. The third-order valence-electron chi connectivity index (χ3n) is 3.39. The van der Waals surface area contributed by atoms with Gasteiger partial charge in [-0.1, -0.05) is 0 Å². The van der Waals surface area contributed by atoms with E-state index < -0.39 is 28.4 Å². The van der Waals surface area contributed by atoms with E-state index in [9.17, 15) is 20.1 Å². The second kappa shape index (κ2) is 5.58. The normalized spacial score (nSPS) is 39.6. The fourth-order valence-corrected chi connectivity index (χ4v) is 6.14. The lowest BCUT2D eigenvalue weighted by Gasteiger charge is -2.50. The minimum atomic E-state index is -1.20. The first kappa shape index (κ1) is 14.5. The van der Waals surface area contributed by atoms with Crippen molar-refractivity contribution in [1.82, 2.24) is 5.32 Å². The predicted octanol–water partition coefficient (Wildman–Crippen LogP) is -0.456. The zero-order valence-corrected chi connectivity index (χ0v) is 11.8. The molecule has 7 heteroatoms. The molecule has 1 heterocycles. The monoisotopic (exact) mass is 293 g/mol. The van der Waals surface area contributed by atoms with Crippen LogP contribution in [0.15, 0.2) is 0 Å². The van der Waals surface area contributed by atoms with Crippen LogP contribution in [0, 0.1) is 0 Å². The molecule has 1 spiro atoms.